The van der Waals surface area contributed by atoms with E-state index in [1.54, 1.807) is 6.92 Å². The third kappa shape index (κ3) is 3.93. The van der Waals surface area contributed by atoms with Crippen molar-refractivity contribution in [2.24, 2.45) is 11.5 Å². The van der Waals surface area contributed by atoms with E-state index in [1.165, 1.54) is 0 Å². The first-order valence-corrected chi connectivity index (χ1v) is 2.69. The van der Waals surface area contributed by atoms with E-state index in [2.05, 4.69) is 0 Å². The Balaban J connectivity index is 3.71. The Bertz CT molecular complexity index is 112. The van der Waals surface area contributed by atoms with Crippen molar-refractivity contribution in [3.8, 4) is 0 Å². The zero-order valence-corrected chi connectivity index (χ0v) is 5.42. The van der Waals surface area contributed by atoms with Gasteiger partial charge in [0.25, 0.3) is 0 Å². The number of carboxylic acid groups (broad SMARTS) is 1. The van der Waals surface area contributed by atoms with Crippen molar-refractivity contribution >= 4 is 5.97 Å². The normalized spacial score (nSPS) is 16.8. The third-order valence-electron chi connectivity index (χ3n) is 1.02. The van der Waals surface area contributed by atoms with Crippen LogP contribution in [-0.4, -0.2) is 23.2 Å². The molecule has 5 N–H and O–H groups in total. The molecular formula is C5H12N2O2. The number of aliphatic carboxylic acids is 1. The van der Waals surface area contributed by atoms with Gasteiger partial charge >= 0.3 is 5.97 Å². The zero-order valence-electron chi connectivity index (χ0n) is 5.42. The first-order valence-electron chi connectivity index (χ1n) is 2.69. The molecular weight excluding hydrogens is 120 g/mol. The second-order valence-corrected chi connectivity index (χ2v) is 2.43. The SMILES string of the molecule is CC(N)(CN)CC(=O)O. The summed E-state index contributed by atoms with van der Waals surface area (Å²) in [5.41, 5.74) is 9.82. The van der Waals surface area contributed by atoms with Crippen molar-refractivity contribution in [1.29, 1.82) is 0 Å². The Kier molecular flexibility index (Phi) is 2.61. The lowest BCUT2D eigenvalue weighted by molar-refractivity contribution is -0.138. The number of carboxylic acids is 1. The highest BCUT2D eigenvalue weighted by molar-refractivity contribution is 5.68. The van der Waals surface area contributed by atoms with Crippen LogP contribution in [0.15, 0.2) is 0 Å². The van der Waals surface area contributed by atoms with Gasteiger partial charge in [0.15, 0.2) is 0 Å². The molecule has 0 aromatic carbocycles. The van der Waals surface area contributed by atoms with E-state index in [0.717, 1.165) is 0 Å². The standard InChI is InChI=1S/C5H12N2O2/c1-5(7,3-6)2-4(8)9/h2-3,6-7H2,1H3,(H,8,9). The van der Waals surface area contributed by atoms with Gasteiger partial charge in [-0.05, 0) is 6.92 Å². The molecule has 0 aromatic rings. The summed E-state index contributed by atoms with van der Waals surface area (Å²) in [5, 5.41) is 8.24. The minimum Gasteiger partial charge on any atom is -0.481 e. The van der Waals surface area contributed by atoms with E-state index in [4.69, 9.17) is 16.6 Å². The molecule has 0 saturated carbocycles. The Morgan fingerprint density at radius 2 is 2.22 bits per heavy atom. The quantitative estimate of drug-likeness (QED) is 0.466. The molecule has 9 heavy (non-hydrogen) atoms. The van der Waals surface area contributed by atoms with Crippen LogP contribution in [0.4, 0.5) is 0 Å². The van der Waals surface area contributed by atoms with Crippen LogP contribution in [0.1, 0.15) is 13.3 Å². The van der Waals surface area contributed by atoms with Gasteiger partial charge in [0.1, 0.15) is 0 Å². The molecule has 0 heterocycles. The second-order valence-electron chi connectivity index (χ2n) is 2.43. The maximum atomic E-state index is 10.0. The van der Waals surface area contributed by atoms with Crippen molar-refractivity contribution in [3.63, 3.8) is 0 Å². The highest BCUT2D eigenvalue weighted by Crippen LogP contribution is 2.01. The minimum absolute atomic E-state index is 0.0799. The van der Waals surface area contributed by atoms with Crippen LogP contribution in [0.25, 0.3) is 0 Å². The van der Waals surface area contributed by atoms with Gasteiger partial charge in [-0.3, -0.25) is 4.79 Å². The summed E-state index contributed by atoms with van der Waals surface area (Å²) in [6.07, 6.45) is -0.0799. The van der Waals surface area contributed by atoms with Crippen LogP contribution in [0.2, 0.25) is 0 Å². The number of rotatable bonds is 3. The fourth-order valence-corrected chi connectivity index (χ4v) is 0.418. The highest BCUT2D eigenvalue weighted by atomic mass is 16.4. The average Bonchev–Trinajstić information content (AvgIpc) is 1.63. The van der Waals surface area contributed by atoms with E-state index in [1.807, 2.05) is 0 Å². The maximum absolute atomic E-state index is 10.0. The Morgan fingerprint density at radius 1 is 1.78 bits per heavy atom. The Labute approximate surface area is 53.8 Å². The van der Waals surface area contributed by atoms with Crippen LogP contribution in [0.5, 0.6) is 0 Å². The molecule has 4 heteroatoms. The van der Waals surface area contributed by atoms with Crippen molar-refractivity contribution < 1.29 is 9.90 Å². The van der Waals surface area contributed by atoms with E-state index in [-0.39, 0.29) is 13.0 Å². The van der Waals surface area contributed by atoms with Gasteiger partial charge in [0.2, 0.25) is 0 Å². The lowest BCUT2D eigenvalue weighted by atomic mass is 10.0. The smallest absolute Gasteiger partial charge is 0.305 e. The maximum Gasteiger partial charge on any atom is 0.305 e. The van der Waals surface area contributed by atoms with Gasteiger partial charge in [-0.25, -0.2) is 0 Å². The van der Waals surface area contributed by atoms with Crippen molar-refractivity contribution in [1.82, 2.24) is 0 Å². The van der Waals surface area contributed by atoms with Gasteiger partial charge in [0, 0.05) is 12.1 Å². The number of hydrogen-bond acceptors (Lipinski definition) is 3. The molecule has 0 aromatic heterocycles. The highest BCUT2D eigenvalue weighted by Gasteiger charge is 2.19. The summed E-state index contributed by atoms with van der Waals surface area (Å²) < 4.78 is 0. The Morgan fingerprint density at radius 3 is 2.33 bits per heavy atom. The molecule has 0 amide bonds. The lowest BCUT2D eigenvalue weighted by Crippen LogP contribution is -2.45. The third-order valence-corrected chi connectivity index (χ3v) is 1.02. The molecule has 0 radical (unpaired) electrons. The van der Waals surface area contributed by atoms with Gasteiger partial charge in [-0.1, -0.05) is 0 Å². The summed E-state index contributed by atoms with van der Waals surface area (Å²) in [5.74, 6) is -0.912. The summed E-state index contributed by atoms with van der Waals surface area (Å²) in [7, 11) is 0. The van der Waals surface area contributed by atoms with E-state index < -0.39 is 11.5 Å². The Hall–Kier alpha value is -0.610. The summed E-state index contributed by atoms with van der Waals surface area (Å²) in [6, 6.07) is 0. The fourth-order valence-electron chi connectivity index (χ4n) is 0.418. The average molecular weight is 132 g/mol. The predicted molar refractivity (Wildman–Crippen MR) is 33.9 cm³/mol. The number of nitrogens with two attached hydrogens (primary N) is 2. The fraction of sp³-hybridized carbons (Fsp3) is 0.800. The molecule has 1 atom stereocenters. The van der Waals surface area contributed by atoms with Crippen LogP contribution in [-0.2, 0) is 4.79 Å². The monoisotopic (exact) mass is 132 g/mol. The topological polar surface area (TPSA) is 89.3 Å². The van der Waals surface area contributed by atoms with Crippen molar-refractivity contribution in [2.45, 2.75) is 18.9 Å². The van der Waals surface area contributed by atoms with Gasteiger partial charge in [0.05, 0.1) is 6.42 Å². The van der Waals surface area contributed by atoms with Gasteiger partial charge < -0.3 is 16.6 Å². The van der Waals surface area contributed by atoms with Gasteiger partial charge in [-0.2, -0.15) is 0 Å². The molecule has 0 bridgehead atoms. The van der Waals surface area contributed by atoms with Crippen molar-refractivity contribution in [3.05, 3.63) is 0 Å². The predicted octanol–water partition coefficient (Wildman–Crippen LogP) is -0.863. The molecule has 0 spiro atoms. The number of hydrogen-bond donors (Lipinski definition) is 3. The second kappa shape index (κ2) is 2.80. The molecule has 0 aliphatic heterocycles. The first kappa shape index (κ1) is 8.39. The first-order chi connectivity index (χ1) is 3.98. The van der Waals surface area contributed by atoms with E-state index >= 15 is 0 Å². The molecule has 4 nitrogen and oxygen atoms in total. The molecule has 0 aliphatic carbocycles. The molecule has 0 fully saturated rings. The van der Waals surface area contributed by atoms with Crippen molar-refractivity contribution in [2.75, 3.05) is 6.54 Å². The molecule has 0 saturated heterocycles. The minimum atomic E-state index is -0.912. The van der Waals surface area contributed by atoms with Crippen LogP contribution < -0.4 is 11.5 Å². The van der Waals surface area contributed by atoms with E-state index in [0.29, 0.717) is 0 Å². The number of carbonyl (C=O) groups is 1. The van der Waals surface area contributed by atoms with E-state index in [9.17, 15) is 4.79 Å². The summed E-state index contributed by atoms with van der Waals surface area (Å²) in [4.78, 5) is 10.0. The molecule has 54 valence electrons. The summed E-state index contributed by atoms with van der Waals surface area (Å²) in [6.45, 7) is 1.81. The van der Waals surface area contributed by atoms with Crippen LogP contribution in [0.3, 0.4) is 0 Å². The van der Waals surface area contributed by atoms with Crippen LogP contribution >= 0.6 is 0 Å². The molecule has 0 aliphatic rings. The van der Waals surface area contributed by atoms with Gasteiger partial charge in [-0.15, -0.1) is 0 Å². The lowest BCUT2D eigenvalue weighted by Gasteiger charge is -2.18. The summed E-state index contributed by atoms with van der Waals surface area (Å²) >= 11 is 0. The van der Waals surface area contributed by atoms with Crippen LogP contribution in [0, 0.1) is 0 Å². The zero-order chi connectivity index (χ0) is 7.49. The largest absolute Gasteiger partial charge is 0.481 e. The molecule has 0 rings (SSSR count). The molecule has 1 unspecified atom stereocenters.